The van der Waals surface area contributed by atoms with Gasteiger partial charge in [0.25, 0.3) is 10.0 Å². The van der Waals surface area contributed by atoms with Crippen LogP contribution < -0.4 is 9.62 Å². The van der Waals surface area contributed by atoms with Crippen molar-refractivity contribution in [3.63, 3.8) is 0 Å². The number of hydrogen-bond donors (Lipinski definition) is 1. The minimum atomic E-state index is -3.49. The summed E-state index contributed by atoms with van der Waals surface area (Å²) in [5, 5.41) is 3.42. The number of sulfonamides is 1. The summed E-state index contributed by atoms with van der Waals surface area (Å²) in [4.78, 5) is 0.370. The molecular weight excluding hydrogens is 320 g/mol. The lowest BCUT2D eigenvalue weighted by molar-refractivity contribution is 0.586. The third kappa shape index (κ3) is 2.72. The summed E-state index contributed by atoms with van der Waals surface area (Å²) < 4.78 is 27.8. The van der Waals surface area contributed by atoms with E-state index in [2.05, 4.69) is 17.4 Å². The van der Waals surface area contributed by atoms with Gasteiger partial charge in [-0.3, -0.25) is 4.31 Å². The van der Waals surface area contributed by atoms with Gasteiger partial charge in [-0.15, -0.1) is 0 Å². The summed E-state index contributed by atoms with van der Waals surface area (Å²) in [6.07, 6.45) is 3.81. The Labute approximate surface area is 143 Å². The van der Waals surface area contributed by atoms with Crippen LogP contribution in [0.4, 0.5) is 5.69 Å². The third-order valence-corrected chi connectivity index (χ3v) is 6.78. The Bertz CT molecular complexity index is 847. The molecule has 0 unspecified atom stereocenters. The van der Waals surface area contributed by atoms with Crippen molar-refractivity contribution in [1.29, 1.82) is 0 Å². The highest BCUT2D eigenvalue weighted by atomic mass is 32.2. The lowest BCUT2D eigenvalue weighted by Gasteiger charge is -2.31. The number of nitrogens with one attached hydrogen (secondary N) is 1. The van der Waals surface area contributed by atoms with Gasteiger partial charge in [-0.25, -0.2) is 8.42 Å². The van der Waals surface area contributed by atoms with Crippen LogP contribution in [0.2, 0.25) is 0 Å². The van der Waals surface area contributed by atoms with Gasteiger partial charge in [0.1, 0.15) is 0 Å². The van der Waals surface area contributed by atoms with Crippen LogP contribution in [0.3, 0.4) is 0 Å². The summed E-state index contributed by atoms with van der Waals surface area (Å²) in [6, 6.07) is 13.1. The summed E-state index contributed by atoms with van der Waals surface area (Å²) >= 11 is 0. The van der Waals surface area contributed by atoms with Crippen LogP contribution in [0, 0.1) is 0 Å². The van der Waals surface area contributed by atoms with Gasteiger partial charge >= 0.3 is 0 Å². The van der Waals surface area contributed by atoms with Crippen LogP contribution in [-0.4, -0.2) is 28.1 Å². The maximum absolute atomic E-state index is 13.1. The van der Waals surface area contributed by atoms with Crippen LogP contribution in [-0.2, 0) is 29.3 Å². The molecule has 0 fully saturated rings. The molecule has 0 amide bonds. The Hall–Kier alpha value is -1.85. The summed E-state index contributed by atoms with van der Waals surface area (Å²) in [5.74, 6) is 0. The molecule has 5 heteroatoms. The van der Waals surface area contributed by atoms with E-state index in [4.69, 9.17) is 0 Å². The molecule has 2 aromatic carbocycles. The van der Waals surface area contributed by atoms with Crippen LogP contribution >= 0.6 is 0 Å². The average molecular weight is 342 g/mol. The Morgan fingerprint density at radius 3 is 2.33 bits per heavy atom. The maximum Gasteiger partial charge on any atom is 0.264 e. The molecule has 0 saturated carbocycles. The Morgan fingerprint density at radius 2 is 1.58 bits per heavy atom. The number of hydrogen-bond acceptors (Lipinski definition) is 3. The number of anilines is 1. The van der Waals surface area contributed by atoms with E-state index in [1.807, 2.05) is 6.07 Å². The average Bonchev–Trinajstić information content (AvgIpc) is 2.84. The van der Waals surface area contributed by atoms with Crippen LogP contribution in [0.15, 0.2) is 47.4 Å². The van der Waals surface area contributed by atoms with Crippen LogP contribution in [0.25, 0.3) is 0 Å². The second-order valence-corrected chi connectivity index (χ2v) is 8.36. The third-order valence-electron chi connectivity index (χ3n) is 4.95. The summed E-state index contributed by atoms with van der Waals surface area (Å²) in [7, 11) is -3.49. The molecule has 1 N–H and O–H groups in total. The van der Waals surface area contributed by atoms with Crippen molar-refractivity contribution >= 4 is 15.7 Å². The fraction of sp³-hybridized carbons (Fsp3) is 0.368. The molecule has 0 saturated heterocycles. The number of aryl methyl sites for hydroxylation is 1. The highest BCUT2D eigenvalue weighted by Gasteiger charge is 2.30. The number of rotatable bonds is 2. The fourth-order valence-electron chi connectivity index (χ4n) is 3.70. The molecule has 0 aromatic heterocycles. The Kier molecular flexibility index (Phi) is 4.06. The molecule has 2 heterocycles. The molecule has 126 valence electrons. The highest BCUT2D eigenvalue weighted by molar-refractivity contribution is 7.92. The zero-order valence-corrected chi connectivity index (χ0v) is 14.5. The maximum atomic E-state index is 13.1. The van der Waals surface area contributed by atoms with Gasteiger partial charge < -0.3 is 5.32 Å². The molecule has 2 aromatic rings. The molecule has 4 rings (SSSR count). The van der Waals surface area contributed by atoms with E-state index in [0.717, 1.165) is 44.5 Å². The molecule has 0 aliphatic carbocycles. The molecule has 0 bridgehead atoms. The molecular formula is C19H22N2O2S. The van der Waals surface area contributed by atoms with Gasteiger partial charge in [-0.1, -0.05) is 24.3 Å². The fourth-order valence-corrected chi connectivity index (χ4v) is 5.25. The number of fused-ring (bicyclic) bond motifs is 2. The van der Waals surface area contributed by atoms with Crippen molar-refractivity contribution < 1.29 is 8.42 Å². The van der Waals surface area contributed by atoms with Crippen molar-refractivity contribution in [1.82, 2.24) is 5.32 Å². The van der Waals surface area contributed by atoms with Crippen LogP contribution in [0.1, 0.15) is 23.1 Å². The van der Waals surface area contributed by atoms with Gasteiger partial charge in [-0.2, -0.15) is 0 Å². The monoisotopic (exact) mass is 342 g/mol. The minimum absolute atomic E-state index is 0.370. The molecule has 24 heavy (non-hydrogen) atoms. The lowest BCUT2D eigenvalue weighted by atomic mass is 9.94. The first-order valence-electron chi connectivity index (χ1n) is 8.59. The van der Waals surface area contributed by atoms with Gasteiger partial charge in [-0.05, 0) is 73.7 Å². The lowest BCUT2D eigenvalue weighted by Crippen LogP contribution is -2.35. The van der Waals surface area contributed by atoms with Crippen molar-refractivity contribution in [2.45, 2.75) is 30.6 Å². The van der Waals surface area contributed by atoms with Crippen LogP contribution in [0.5, 0.6) is 0 Å². The molecule has 0 atom stereocenters. The molecule has 4 nitrogen and oxygen atoms in total. The van der Waals surface area contributed by atoms with Gasteiger partial charge in [0.05, 0.1) is 10.6 Å². The Balaban J connectivity index is 1.80. The molecule has 2 aliphatic rings. The predicted octanol–water partition coefficient (Wildman–Crippen LogP) is 2.52. The second kappa shape index (κ2) is 6.22. The highest BCUT2D eigenvalue weighted by Crippen LogP contribution is 2.34. The molecule has 2 aliphatic heterocycles. The van der Waals surface area contributed by atoms with E-state index in [9.17, 15) is 8.42 Å². The standard InChI is InChI=1S/C19H22N2O2S/c22-24(23,18-6-2-1-3-7-18)21-12-4-5-17-13-15-8-10-20-11-9-16(15)14-19(17)21/h1-3,6-7,13-14,20H,4-5,8-12H2. The minimum Gasteiger partial charge on any atom is -0.316 e. The molecule has 0 spiro atoms. The van der Waals surface area contributed by atoms with Crippen molar-refractivity contribution in [2.24, 2.45) is 0 Å². The van der Waals surface area contributed by atoms with E-state index in [0.29, 0.717) is 11.4 Å². The van der Waals surface area contributed by atoms with Crippen molar-refractivity contribution in [3.8, 4) is 0 Å². The van der Waals surface area contributed by atoms with Gasteiger partial charge in [0.2, 0.25) is 0 Å². The van der Waals surface area contributed by atoms with Gasteiger partial charge in [0, 0.05) is 6.54 Å². The predicted molar refractivity (Wildman–Crippen MR) is 96.0 cm³/mol. The smallest absolute Gasteiger partial charge is 0.264 e. The first kappa shape index (κ1) is 15.7. The Morgan fingerprint density at radius 1 is 0.875 bits per heavy atom. The largest absolute Gasteiger partial charge is 0.316 e. The van der Waals surface area contributed by atoms with E-state index < -0.39 is 10.0 Å². The summed E-state index contributed by atoms with van der Waals surface area (Å²) in [5.41, 5.74) is 4.71. The number of benzene rings is 2. The van der Waals surface area contributed by atoms with Gasteiger partial charge in [0.15, 0.2) is 0 Å². The first-order chi connectivity index (χ1) is 11.7. The normalized spacial score (nSPS) is 17.8. The quantitative estimate of drug-likeness (QED) is 0.912. The first-order valence-corrected chi connectivity index (χ1v) is 10.0. The zero-order chi connectivity index (χ0) is 16.6. The van der Waals surface area contributed by atoms with E-state index in [-0.39, 0.29) is 0 Å². The SMILES string of the molecule is O=S(=O)(c1ccccc1)N1CCCc2cc3c(cc21)CCNCC3. The van der Waals surface area contributed by atoms with Crippen molar-refractivity contribution in [3.05, 3.63) is 59.2 Å². The van der Waals surface area contributed by atoms with E-state index >= 15 is 0 Å². The van der Waals surface area contributed by atoms with E-state index in [1.54, 1.807) is 28.6 Å². The second-order valence-electron chi connectivity index (χ2n) is 6.49. The topological polar surface area (TPSA) is 49.4 Å². The zero-order valence-electron chi connectivity index (χ0n) is 13.7. The number of nitrogens with zero attached hydrogens (tertiary/aromatic N) is 1. The molecule has 0 radical (unpaired) electrons. The van der Waals surface area contributed by atoms with E-state index in [1.165, 1.54) is 16.7 Å². The van der Waals surface area contributed by atoms with Crippen molar-refractivity contribution in [2.75, 3.05) is 23.9 Å². The summed E-state index contributed by atoms with van der Waals surface area (Å²) in [6.45, 7) is 2.51.